The first-order valence-electron chi connectivity index (χ1n) is 5.92. The van der Waals surface area contributed by atoms with Gasteiger partial charge in [-0.1, -0.05) is 25.7 Å². The van der Waals surface area contributed by atoms with Crippen LogP contribution in [0.5, 0.6) is 0 Å². The Labute approximate surface area is 99.4 Å². The molecule has 6 heteroatoms. The smallest absolute Gasteiger partial charge is 0.354 e. The summed E-state index contributed by atoms with van der Waals surface area (Å²) in [6, 6.07) is 0. The van der Waals surface area contributed by atoms with Gasteiger partial charge in [0.2, 0.25) is 0 Å². The highest BCUT2D eigenvalue weighted by atomic mass is 19.4. The van der Waals surface area contributed by atoms with E-state index in [4.69, 9.17) is 10.5 Å². The highest BCUT2D eigenvalue weighted by molar-refractivity contribution is 4.85. The standard InChI is InChI=1S/C11H20F3NO2/c12-11(13,14)8-17-9-16-7-10(15)5-3-1-2-4-6-10/h1-9,15H2. The molecule has 1 saturated carbocycles. The van der Waals surface area contributed by atoms with E-state index in [-0.39, 0.29) is 13.4 Å². The van der Waals surface area contributed by atoms with Crippen LogP contribution in [-0.4, -0.2) is 31.7 Å². The molecule has 0 heterocycles. The number of halogens is 3. The molecule has 0 saturated heterocycles. The van der Waals surface area contributed by atoms with Crippen LogP contribution in [0.15, 0.2) is 0 Å². The third kappa shape index (κ3) is 6.85. The van der Waals surface area contributed by atoms with Gasteiger partial charge < -0.3 is 15.2 Å². The molecule has 0 amide bonds. The van der Waals surface area contributed by atoms with Crippen molar-refractivity contribution in [1.82, 2.24) is 0 Å². The summed E-state index contributed by atoms with van der Waals surface area (Å²) in [4.78, 5) is 0. The van der Waals surface area contributed by atoms with E-state index < -0.39 is 18.3 Å². The Bertz CT molecular complexity index is 213. The first kappa shape index (κ1) is 14.7. The van der Waals surface area contributed by atoms with Crippen LogP contribution < -0.4 is 5.73 Å². The Morgan fingerprint density at radius 1 is 1.00 bits per heavy atom. The molecule has 0 spiro atoms. The van der Waals surface area contributed by atoms with E-state index in [1.165, 1.54) is 12.8 Å². The van der Waals surface area contributed by atoms with E-state index in [0.717, 1.165) is 25.7 Å². The van der Waals surface area contributed by atoms with Gasteiger partial charge in [-0.3, -0.25) is 0 Å². The van der Waals surface area contributed by atoms with Crippen molar-refractivity contribution in [3.05, 3.63) is 0 Å². The second kappa shape index (κ2) is 6.56. The molecule has 17 heavy (non-hydrogen) atoms. The maximum atomic E-state index is 11.8. The summed E-state index contributed by atoms with van der Waals surface area (Å²) in [5.74, 6) is 0. The van der Waals surface area contributed by atoms with Gasteiger partial charge in [0.25, 0.3) is 0 Å². The van der Waals surface area contributed by atoms with Crippen LogP contribution in [0.3, 0.4) is 0 Å². The van der Waals surface area contributed by atoms with Crippen LogP contribution in [0.4, 0.5) is 13.2 Å². The summed E-state index contributed by atoms with van der Waals surface area (Å²) < 4.78 is 44.7. The van der Waals surface area contributed by atoms with Crippen molar-refractivity contribution < 1.29 is 22.6 Å². The normalized spacial score (nSPS) is 21.2. The van der Waals surface area contributed by atoms with Crippen LogP contribution >= 0.6 is 0 Å². The van der Waals surface area contributed by atoms with Crippen LogP contribution in [-0.2, 0) is 9.47 Å². The van der Waals surface area contributed by atoms with Crippen molar-refractivity contribution >= 4 is 0 Å². The molecule has 0 aromatic carbocycles. The molecule has 0 unspecified atom stereocenters. The van der Waals surface area contributed by atoms with E-state index in [2.05, 4.69) is 4.74 Å². The quantitative estimate of drug-likeness (QED) is 0.466. The first-order valence-corrected chi connectivity index (χ1v) is 5.92. The lowest BCUT2D eigenvalue weighted by Gasteiger charge is -2.27. The van der Waals surface area contributed by atoms with E-state index in [0.29, 0.717) is 0 Å². The van der Waals surface area contributed by atoms with Gasteiger partial charge in [-0.25, -0.2) is 0 Å². The van der Waals surface area contributed by atoms with Crippen molar-refractivity contribution in [2.75, 3.05) is 20.0 Å². The lowest BCUT2D eigenvalue weighted by molar-refractivity contribution is -0.198. The third-order valence-electron chi connectivity index (χ3n) is 2.92. The number of nitrogens with two attached hydrogens (primary N) is 1. The molecule has 0 bridgehead atoms. The molecule has 1 aliphatic carbocycles. The third-order valence-corrected chi connectivity index (χ3v) is 2.92. The van der Waals surface area contributed by atoms with Crippen LogP contribution in [0.1, 0.15) is 38.5 Å². The van der Waals surface area contributed by atoms with Crippen molar-refractivity contribution in [1.29, 1.82) is 0 Å². The van der Waals surface area contributed by atoms with Gasteiger partial charge in [-0.05, 0) is 12.8 Å². The summed E-state index contributed by atoms with van der Waals surface area (Å²) in [6.07, 6.45) is 1.89. The fraction of sp³-hybridized carbons (Fsp3) is 1.00. The highest BCUT2D eigenvalue weighted by Gasteiger charge is 2.28. The second-order valence-electron chi connectivity index (χ2n) is 4.71. The molecule has 1 fully saturated rings. The Morgan fingerprint density at radius 3 is 2.12 bits per heavy atom. The molecule has 0 aromatic heterocycles. The maximum Gasteiger partial charge on any atom is 0.411 e. The average Bonchev–Trinajstić information content (AvgIpc) is 2.41. The summed E-state index contributed by atoms with van der Waals surface area (Å²) >= 11 is 0. The molecular weight excluding hydrogens is 235 g/mol. The minimum Gasteiger partial charge on any atom is -0.354 e. The van der Waals surface area contributed by atoms with Gasteiger partial charge in [-0.15, -0.1) is 0 Å². The van der Waals surface area contributed by atoms with E-state index >= 15 is 0 Å². The zero-order valence-electron chi connectivity index (χ0n) is 9.89. The molecule has 0 aliphatic heterocycles. The monoisotopic (exact) mass is 255 g/mol. The fourth-order valence-corrected chi connectivity index (χ4v) is 2.04. The van der Waals surface area contributed by atoms with Gasteiger partial charge in [0.15, 0.2) is 0 Å². The molecule has 1 aliphatic rings. The SMILES string of the molecule is NC1(COCOCC(F)(F)F)CCCCCC1. The number of rotatable bonds is 5. The Morgan fingerprint density at radius 2 is 1.59 bits per heavy atom. The molecular formula is C11H20F3NO2. The minimum atomic E-state index is -4.30. The molecule has 0 aromatic rings. The van der Waals surface area contributed by atoms with E-state index in [9.17, 15) is 13.2 Å². The highest BCUT2D eigenvalue weighted by Crippen LogP contribution is 2.25. The van der Waals surface area contributed by atoms with Crippen LogP contribution in [0.25, 0.3) is 0 Å². The molecule has 3 nitrogen and oxygen atoms in total. The molecule has 0 radical (unpaired) electrons. The van der Waals surface area contributed by atoms with Crippen LogP contribution in [0.2, 0.25) is 0 Å². The van der Waals surface area contributed by atoms with Crippen molar-refractivity contribution in [3.8, 4) is 0 Å². The van der Waals surface area contributed by atoms with Gasteiger partial charge in [0.1, 0.15) is 13.4 Å². The molecule has 0 atom stereocenters. The number of hydrogen-bond acceptors (Lipinski definition) is 3. The van der Waals surface area contributed by atoms with Crippen molar-refractivity contribution in [3.63, 3.8) is 0 Å². The maximum absolute atomic E-state index is 11.8. The molecule has 102 valence electrons. The topological polar surface area (TPSA) is 44.5 Å². The predicted octanol–water partition coefficient (Wildman–Crippen LogP) is 2.59. The Kier molecular flexibility index (Phi) is 5.69. The van der Waals surface area contributed by atoms with Crippen molar-refractivity contribution in [2.45, 2.75) is 50.2 Å². The first-order chi connectivity index (χ1) is 7.91. The minimum absolute atomic E-state index is 0.269. The lowest BCUT2D eigenvalue weighted by Crippen LogP contribution is -2.44. The summed E-state index contributed by atoms with van der Waals surface area (Å²) in [7, 11) is 0. The number of hydrogen-bond donors (Lipinski definition) is 1. The van der Waals surface area contributed by atoms with Crippen molar-refractivity contribution in [2.24, 2.45) is 5.73 Å². The van der Waals surface area contributed by atoms with E-state index in [1.54, 1.807) is 0 Å². The van der Waals surface area contributed by atoms with Crippen LogP contribution in [0, 0.1) is 0 Å². The number of alkyl halides is 3. The van der Waals surface area contributed by atoms with Gasteiger partial charge in [0.05, 0.1) is 6.61 Å². The van der Waals surface area contributed by atoms with Gasteiger partial charge in [-0.2, -0.15) is 13.2 Å². The lowest BCUT2D eigenvalue weighted by atomic mass is 9.93. The molecule has 2 N–H and O–H groups in total. The summed E-state index contributed by atoms with van der Waals surface area (Å²) in [5.41, 5.74) is 5.73. The second-order valence-corrected chi connectivity index (χ2v) is 4.71. The largest absolute Gasteiger partial charge is 0.411 e. The zero-order chi connectivity index (χ0) is 12.8. The summed E-state index contributed by atoms with van der Waals surface area (Å²) in [6.45, 7) is -1.35. The average molecular weight is 255 g/mol. The fourth-order valence-electron chi connectivity index (χ4n) is 2.04. The predicted molar refractivity (Wildman–Crippen MR) is 57.4 cm³/mol. The summed E-state index contributed by atoms with van der Waals surface area (Å²) in [5, 5.41) is 0. The number of ether oxygens (including phenoxy) is 2. The molecule has 1 rings (SSSR count). The zero-order valence-corrected chi connectivity index (χ0v) is 9.89. The Balaban J connectivity index is 2.12. The van der Waals surface area contributed by atoms with Gasteiger partial charge >= 0.3 is 6.18 Å². The van der Waals surface area contributed by atoms with Gasteiger partial charge in [0, 0.05) is 5.54 Å². The Hall–Kier alpha value is -0.330. The van der Waals surface area contributed by atoms with E-state index in [1.807, 2.05) is 0 Å².